The molecule has 1 rings (SSSR count). The number of amides is 2. The zero-order valence-corrected chi connectivity index (χ0v) is 12.1. The average Bonchev–Trinajstić information content (AvgIpc) is 2.35. The van der Waals surface area contributed by atoms with E-state index in [-0.39, 0.29) is 5.92 Å². The van der Waals surface area contributed by atoms with Crippen molar-refractivity contribution in [2.75, 3.05) is 0 Å². The maximum Gasteiger partial charge on any atom is 0.326 e. The molecule has 1 aromatic carbocycles. The third-order valence-electron chi connectivity index (χ3n) is 2.85. The van der Waals surface area contributed by atoms with Gasteiger partial charge in [-0.2, -0.15) is 0 Å². The molecule has 0 saturated heterocycles. The van der Waals surface area contributed by atoms with Crippen LogP contribution in [0.2, 0.25) is 0 Å². The summed E-state index contributed by atoms with van der Waals surface area (Å²) in [5.74, 6) is -0.808. The predicted octanol–water partition coefficient (Wildman–Crippen LogP) is 2.29. The van der Waals surface area contributed by atoms with Crippen molar-refractivity contribution in [3.63, 3.8) is 0 Å². The molecule has 0 spiro atoms. The quantitative estimate of drug-likeness (QED) is 0.747. The summed E-state index contributed by atoms with van der Waals surface area (Å²) in [5.41, 5.74) is 2.10. The summed E-state index contributed by atoms with van der Waals surface area (Å²) in [6, 6.07) is 6.47. The lowest BCUT2D eigenvalue weighted by Gasteiger charge is -2.17. The zero-order valence-electron chi connectivity index (χ0n) is 12.1. The SMILES string of the molecule is Cc1cccc(CNC(=O)N[C@H](CC(C)C)C(=O)O)c1. The standard InChI is InChI=1S/C15H22N2O3/c1-10(2)7-13(14(18)19)17-15(20)16-9-12-6-4-5-11(3)8-12/h4-6,8,10,13H,7,9H2,1-3H3,(H,18,19)(H2,16,17,20)/t13-/m1/s1. The number of nitrogens with one attached hydrogen (secondary N) is 2. The minimum Gasteiger partial charge on any atom is -0.480 e. The Morgan fingerprint density at radius 3 is 2.55 bits per heavy atom. The molecule has 20 heavy (non-hydrogen) atoms. The molecule has 0 radical (unpaired) electrons. The molecule has 2 amide bonds. The molecule has 0 aliphatic heterocycles. The molecular weight excluding hydrogens is 256 g/mol. The lowest BCUT2D eigenvalue weighted by atomic mass is 10.0. The first kappa shape index (κ1) is 16.0. The molecule has 0 saturated carbocycles. The Morgan fingerprint density at radius 1 is 1.30 bits per heavy atom. The van der Waals surface area contributed by atoms with E-state index in [2.05, 4.69) is 10.6 Å². The van der Waals surface area contributed by atoms with Gasteiger partial charge in [0.1, 0.15) is 6.04 Å². The summed E-state index contributed by atoms with van der Waals surface area (Å²) in [6.45, 7) is 6.19. The Kier molecular flexibility index (Phi) is 6.03. The van der Waals surface area contributed by atoms with Crippen molar-refractivity contribution < 1.29 is 14.7 Å². The van der Waals surface area contributed by atoms with E-state index in [1.54, 1.807) is 0 Å². The Hall–Kier alpha value is -2.04. The van der Waals surface area contributed by atoms with Gasteiger partial charge >= 0.3 is 12.0 Å². The highest BCUT2D eigenvalue weighted by atomic mass is 16.4. The molecule has 5 nitrogen and oxygen atoms in total. The molecule has 0 fully saturated rings. The van der Waals surface area contributed by atoms with Crippen LogP contribution in [0.1, 0.15) is 31.4 Å². The molecule has 3 N–H and O–H groups in total. The Balaban J connectivity index is 2.47. The van der Waals surface area contributed by atoms with Gasteiger partial charge in [0.05, 0.1) is 0 Å². The lowest BCUT2D eigenvalue weighted by molar-refractivity contribution is -0.139. The molecule has 0 aliphatic rings. The molecule has 5 heteroatoms. The zero-order chi connectivity index (χ0) is 15.1. The molecular formula is C15H22N2O3. The highest BCUT2D eigenvalue weighted by molar-refractivity contribution is 5.82. The van der Waals surface area contributed by atoms with Gasteiger partial charge in [-0.15, -0.1) is 0 Å². The topological polar surface area (TPSA) is 78.4 Å². The molecule has 0 bridgehead atoms. The van der Waals surface area contributed by atoms with Crippen LogP contribution in [0.5, 0.6) is 0 Å². The van der Waals surface area contributed by atoms with Crippen LogP contribution >= 0.6 is 0 Å². The van der Waals surface area contributed by atoms with E-state index >= 15 is 0 Å². The number of benzene rings is 1. The fourth-order valence-corrected chi connectivity index (χ4v) is 1.91. The van der Waals surface area contributed by atoms with Crippen molar-refractivity contribution in [3.8, 4) is 0 Å². The Bertz CT molecular complexity index is 472. The lowest BCUT2D eigenvalue weighted by Crippen LogP contribution is -2.46. The minimum atomic E-state index is -1.01. The highest BCUT2D eigenvalue weighted by Crippen LogP contribution is 2.05. The normalized spacial score (nSPS) is 12.0. The molecule has 0 heterocycles. The molecule has 1 aromatic rings. The number of hydrogen-bond donors (Lipinski definition) is 3. The first-order valence-corrected chi connectivity index (χ1v) is 6.71. The van der Waals surface area contributed by atoms with E-state index in [1.807, 2.05) is 45.0 Å². The van der Waals surface area contributed by atoms with Crippen molar-refractivity contribution in [1.82, 2.24) is 10.6 Å². The van der Waals surface area contributed by atoms with Gasteiger partial charge in [0.2, 0.25) is 0 Å². The first-order chi connectivity index (χ1) is 9.38. The molecule has 0 aromatic heterocycles. The number of aryl methyl sites for hydroxylation is 1. The number of rotatable bonds is 6. The van der Waals surface area contributed by atoms with Gasteiger partial charge < -0.3 is 15.7 Å². The van der Waals surface area contributed by atoms with E-state index in [0.717, 1.165) is 11.1 Å². The average molecular weight is 278 g/mol. The summed E-state index contributed by atoms with van der Waals surface area (Å²) in [6.07, 6.45) is 0.410. The number of urea groups is 1. The van der Waals surface area contributed by atoms with Crippen LogP contribution in [-0.2, 0) is 11.3 Å². The van der Waals surface area contributed by atoms with Crippen molar-refractivity contribution in [3.05, 3.63) is 35.4 Å². The highest BCUT2D eigenvalue weighted by Gasteiger charge is 2.20. The molecule has 0 aliphatic carbocycles. The third-order valence-corrected chi connectivity index (χ3v) is 2.85. The Labute approximate surface area is 119 Å². The second-order valence-electron chi connectivity index (χ2n) is 5.34. The van der Waals surface area contributed by atoms with Crippen LogP contribution in [0, 0.1) is 12.8 Å². The smallest absolute Gasteiger partial charge is 0.326 e. The fourth-order valence-electron chi connectivity index (χ4n) is 1.91. The van der Waals surface area contributed by atoms with Crippen molar-refractivity contribution in [2.24, 2.45) is 5.92 Å². The van der Waals surface area contributed by atoms with E-state index < -0.39 is 18.0 Å². The number of hydrogen-bond acceptors (Lipinski definition) is 2. The maximum absolute atomic E-state index is 11.7. The monoisotopic (exact) mass is 278 g/mol. The van der Waals surface area contributed by atoms with Crippen molar-refractivity contribution in [1.29, 1.82) is 0 Å². The van der Waals surface area contributed by atoms with Crippen LogP contribution in [0.15, 0.2) is 24.3 Å². The molecule has 110 valence electrons. The minimum absolute atomic E-state index is 0.202. The van der Waals surface area contributed by atoms with Gasteiger partial charge in [-0.3, -0.25) is 0 Å². The van der Waals surface area contributed by atoms with Crippen molar-refractivity contribution >= 4 is 12.0 Å². The van der Waals surface area contributed by atoms with Crippen LogP contribution < -0.4 is 10.6 Å². The van der Waals surface area contributed by atoms with Crippen molar-refractivity contribution in [2.45, 2.75) is 39.8 Å². The summed E-state index contributed by atoms with van der Waals surface area (Å²) in [5, 5.41) is 14.2. The van der Waals surface area contributed by atoms with Gasteiger partial charge in [-0.05, 0) is 24.8 Å². The second-order valence-corrected chi connectivity index (χ2v) is 5.34. The van der Waals surface area contributed by atoms with Crippen LogP contribution in [-0.4, -0.2) is 23.1 Å². The van der Waals surface area contributed by atoms with Gasteiger partial charge in [-0.1, -0.05) is 43.7 Å². The van der Waals surface area contributed by atoms with E-state index in [1.165, 1.54) is 0 Å². The van der Waals surface area contributed by atoms with Gasteiger partial charge in [-0.25, -0.2) is 9.59 Å². The number of carboxylic acids is 1. The number of carbonyl (C=O) groups excluding carboxylic acids is 1. The van der Waals surface area contributed by atoms with E-state index in [4.69, 9.17) is 5.11 Å². The fraction of sp³-hybridized carbons (Fsp3) is 0.467. The predicted molar refractivity (Wildman–Crippen MR) is 77.4 cm³/mol. The van der Waals surface area contributed by atoms with Gasteiger partial charge in [0.25, 0.3) is 0 Å². The number of carbonyl (C=O) groups is 2. The van der Waals surface area contributed by atoms with Gasteiger partial charge in [0.15, 0.2) is 0 Å². The van der Waals surface area contributed by atoms with E-state index in [9.17, 15) is 9.59 Å². The van der Waals surface area contributed by atoms with Crippen LogP contribution in [0.25, 0.3) is 0 Å². The second kappa shape index (κ2) is 7.53. The summed E-state index contributed by atoms with van der Waals surface area (Å²) < 4.78 is 0. The van der Waals surface area contributed by atoms with Crippen LogP contribution in [0.4, 0.5) is 4.79 Å². The molecule has 1 atom stereocenters. The largest absolute Gasteiger partial charge is 0.480 e. The number of aliphatic carboxylic acids is 1. The molecule has 0 unspecified atom stereocenters. The number of carboxylic acid groups (broad SMARTS) is 1. The maximum atomic E-state index is 11.7. The summed E-state index contributed by atoms with van der Waals surface area (Å²) in [4.78, 5) is 22.8. The third kappa shape index (κ3) is 5.73. The van der Waals surface area contributed by atoms with Gasteiger partial charge in [0, 0.05) is 6.54 Å². The first-order valence-electron chi connectivity index (χ1n) is 6.71. The van der Waals surface area contributed by atoms with Crippen LogP contribution in [0.3, 0.4) is 0 Å². The Morgan fingerprint density at radius 2 is 2.00 bits per heavy atom. The summed E-state index contributed by atoms with van der Waals surface area (Å²) >= 11 is 0. The van der Waals surface area contributed by atoms with E-state index in [0.29, 0.717) is 13.0 Å². The summed E-state index contributed by atoms with van der Waals surface area (Å²) in [7, 11) is 0.